The van der Waals surface area contributed by atoms with Gasteiger partial charge in [0.2, 0.25) is 5.28 Å². The van der Waals surface area contributed by atoms with Crippen LogP contribution in [0.25, 0.3) is 10.9 Å². The number of piperidine rings is 1. The third-order valence-corrected chi connectivity index (χ3v) is 3.72. The fourth-order valence-corrected chi connectivity index (χ4v) is 2.68. The van der Waals surface area contributed by atoms with E-state index < -0.39 is 11.9 Å². The van der Waals surface area contributed by atoms with Crippen molar-refractivity contribution in [2.75, 3.05) is 18.0 Å². The molecular weight excluding hydrogens is 306 g/mol. The van der Waals surface area contributed by atoms with E-state index in [0.717, 1.165) is 12.8 Å². The van der Waals surface area contributed by atoms with Gasteiger partial charge in [-0.15, -0.1) is 0 Å². The Bertz CT molecular complexity index is 669. The molecule has 0 saturated carbocycles. The molecule has 0 amide bonds. The van der Waals surface area contributed by atoms with Crippen LogP contribution in [0.15, 0.2) is 6.20 Å². The number of fused-ring (bicyclic) bond motifs is 1. The molecule has 2 aromatic heterocycles. The maximum Gasteiger partial charge on any atom is 0.225 e. The minimum Gasteiger partial charge on any atom is -0.391 e. The van der Waals surface area contributed by atoms with Gasteiger partial charge in [0.1, 0.15) is 11.3 Å². The van der Waals surface area contributed by atoms with Crippen LogP contribution < -0.4 is 4.90 Å². The van der Waals surface area contributed by atoms with Crippen LogP contribution in [-0.2, 0) is 0 Å². The fraction of sp³-hybridized carbons (Fsp3) is 0.417. The topological polar surface area (TPSA) is 62.1 Å². The van der Waals surface area contributed by atoms with Crippen molar-refractivity contribution in [2.45, 2.75) is 18.9 Å². The van der Waals surface area contributed by atoms with E-state index in [-0.39, 0.29) is 16.0 Å². The molecular formula is C12H11Cl2FN4O. The van der Waals surface area contributed by atoms with E-state index in [1.807, 2.05) is 4.90 Å². The lowest BCUT2D eigenvalue weighted by Crippen LogP contribution is -2.38. The highest BCUT2D eigenvalue weighted by molar-refractivity contribution is 6.30. The molecule has 2 aromatic rings. The second kappa shape index (κ2) is 5.27. The quantitative estimate of drug-likeness (QED) is 0.646. The summed E-state index contributed by atoms with van der Waals surface area (Å²) in [5, 5.41) is 9.87. The van der Waals surface area contributed by atoms with Crippen molar-refractivity contribution in [2.24, 2.45) is 0 Å². The summed E-state index contributed by atoms with van der Waals surface area (Å²) in [7, 11) is 0. The van der Waals surface area contributed by atoms with Crippen molar-refractivity contribution in [1.82, 2.24) is 15.0 Å². The van der Waals surface area contributed by atoms with Gasteiger partial charge >= 0.3 is 0 Å². The highest BCUT2D eigenvalue weighted by Gasteiger charge is 2.23. The van der Waals surface area contributed by atoms with Crippen LogP contribution in [0.1, 0.15) is 12.8 Å². The number of hydrogen-bond acceptors (Lipinski definition) is 5. The van der Waals surface area contributed by atoms with E-state index in [2.05, 4.69) is 15.0 Å². The van der Waals surface area contributed by atoms with Crippen molar-refractivity contribution in [3.05, 3.63) is 22.5 Å². The molecule has 0 aromatic carbocycles. The lowest BCUT2D eigenvalue weighted by Gasteiger charge is -2.31. The monoisotopic (exact) mass is 316 g/mol. The normalized spacial score (nSPS) is 19.6. The first-order valence-electron chi connectivity index (χ1n) is 6.16. The minimum absolute atomic E-state index is 0.0417. The Labute approximate surface area is 124 Å². The smallest absolute Gasteiger partial charge is 0.225 e. The summed E-state index contributed by atoms with van der Waals surface area (Å²) < 4.78 is 14.0. The van der Waals surface area contributed by atoms with Gasteiger partial charge in [0.15, 0.2) is 11.0 Å². The summed E-state index contributed by atoms with van der Waals surface area (Å²) in [5.41, 5.74) is 0.0417. The van der Waals surface area contributed by atoms with Gasteiger partial charge < -0.3 is 10.0 Å². The Morgan fingerprint density at radius 1 is 1.35 bits per heavy atom. The van der Waals surface area contributed by atoms with E-state index in [9.17, 15) is 9.50 Å². The first-order chi connectivity index (χ1) is 9.56. The van der Waals surface area contributed by atoms with E-state index in [1.165, 1.54) is 6.20 Å². The molecule has 0 radical (unpaired) electrons. The molecule has 1 aliphatic heterocycles. The standard InChI is InChI=1S/C12H11Cl2FN4O/c13-10-8(15)9-7(4-16-10)11(18-12(14)17-9)19-3-1-2-6(20)5-19/h4,6,20H,1-3,5H2/t6-/m1/s1. The molecule has 0 unspecified atom stereocenters. The summed E-state index contributed by atoms with van der Waals surface area (Å²) in [4.78, 5) is 13.7. The first-order valence-corrected chi connectivity index (χ1v) is 6.92. The van der Waals surface area contributed by atoms with Crippen molar-refractivity contribution >= 4 is 39.9 Å². The SMILES string of the molecule is O[C@@H]1CCCN(c2nc(Cl)nc3c(F)c(Cl)ncc23)C1. The van der Waals surface area contributed by atoms with Gasteiger partial charge in [-0.2, -0.15) is 4.98 Å². The fourth-order valence-electron chi connectivity index (χ4n) is 2.38. The molecule has 5 nitrogen and oxygen atoms in total. The molecule has 0 spiro atoms. The molecule has 0 bridgehead atoms. The summed E-state index contributed by atoms with van der Waals surface area (Å²) in [6, 6.07) is 0. The zero-order chi connectivity index (χ0) is 14.3. The molecule has 1 aliphatic rings. The van der Waals surface area contributed by atoms with Crippen LogP contribution >= 0.6 is 23.2 Å². The summed E-state index contributed by atoms with van der Waals surface area (Å²) >= 11 is 11.5. The van der Waals surface area contributed by atoms with Gasteiger partial charge in [-0.05, 0) is 24.4 Å². The molecule has 1 atom stereocenters. The third-order valence-electron chi connectivity index (χ3n) is 3.29. The number of rotatable bonds is 1. The van der Waals surface area contributed by atoms with Gasteiger partial charge in [0, 0.05) is 19.3 Å². The first kappa shape index (κ1) is 13.7. The summed E-state index contributed by atoms with van der Waals surface area (Å²) in [6.45, 7) is 1.14. The van der Waals surface area contributed by atoms with Gasteiger partial charge in [-0.1, -0.05) is 11.6 Å². The molecule has 0 aliphatic carbocycles. The number of hydrogen-bond donors (Lipinski definition) is 1. The lowest BCUT2D eigenvalue weighted by molar-refractivity contribution is 0.154. The van der Waals surface area contributed by atoms with Gasteiger partial charge in [-0.25, -0.2) is 14.4 Å². The van der Waals surface area contributed by atoms with E-state index >= 15 is 0 Å². The Hall–Kier alpha value is -1.24. The number of anilines is 1. The number of aliphatic hydroxyl groups excluding tert-OH is 1. The number of pyridine rings is 1. The highest BCUT2D eigenvalue weighted by Crippen LogP contribution is 2.30. The van der Waals surface area contributed by atoms with Crippen molar-refractivity contribution in [3.8, 4) is 0 Å². The Kier molecular flexibility index (Phi) is 3.62. The van der Waals surface area contributed by atoms with Crippen LogP contribution in [0, 0.1) is 5.82 Å². The Morgan fingerprint density at radius 3 is 2.90 bits per heavy atom. The van der Waals surface area contributed by atoms with Gasteiger partial charge in [0.05, 0.1) is 11.5 Å². The Balaban J connectivity index is 2.17. The van der Waals surface area contributed by atoms with Crippen LogP contribution in [0.5, 0.6) is 0 Å². The van der Waals surface area contributed by atoms with Crippen LogP contribution in [0.3, 0.4) is 0 Å². The van der Waals surface area contributed by atoms with E-state index in [0.29, 0.717) is 24.3 Å². The average Bonchev–Trinajstić information content (AvgIpc) is 2.43. The number of aliphatic hydroxyl groups is 1. The summed E-state index contributed by atoms with van der Waals surface area (Å²) in [5.74, 6) is -0.242. The zero-order valence-electron chi connectivity index (χ0n) is 10.4. The maximum absolute atomic E-state index is 14.0. The second-order valence-electron chi connectivity index (χ2n) is 4.68. The van der Waals surface area contributed by atoms with Crippen molar-refractivity contribution < 1.29 is 9.50 Å². The van der Waals surface area contributed by atoms with Gasteiger partial charge in [-0.3, -0.25) is 0 Å². The molecule has 3 rings (SSSR count). The van der Waals surface area contributed by atoms with Crippen molar-refractivity contribution in [1.29, 1.82) is 0 Å². The number of halogens is 3. The molecule has 1 N–H and O–H groups in total. The van der Waals surface area contributed by atoms with E-state index in [4.69, 9.17) is 23.2 Å². The van der Waals surface area contributed by atoms with Crippen LogP contribution in [0.4, 0.5) is 10.2 Å². The minimum atomic E-state index is -0.715. The number of nitrogens with zero attached hydrogens (tertiary/aromatic N) is 4. The molecule has 8 heteroatoms. The average molecular weight is 317 g/mol. The second-order valence-corrected chi connectivity index (χ2v) is 5.38. The predicted molar refractivity (Wildman–Crippen MR) is 74.8 cm³/mol. The molecule has 3 heterocycles. The number of aromatic nitrogens is 3. The molecule has 106 valence electrons. The van der Waals surface area contributed by atoms with Crippen LogP contribution in [0.2, 0.25) is 10.4 Å². The Morgan fingerprint density at radius 2 is 2.15 bits per heavy atom. The molecule has 1 fully saturated rings. The van der Waals surface area contributed by atoms with E-state index in [1.54, 1.807) is 0 Å². The number of β-amino-alcohol motifs (C(OH)–C–C–N with tert-alkyl or cyclic N) is 1. The van der Waals surface area contributed by atoms with Gasteiger partial charge in [0.25, 0.3) is 0 Å². The largest absolute Gasteiger partial charge is 0.391 e. The predicted octanol–water partition coefficient (Wildman–Crippen LogP) is 2.43. The zero-order valence-corrected chi connectivity index (χ0v) is 11.9. The summed E-state index contributed by atoms with van der Waals surface area (Å²) in [6.07, 6.45) is 2.56. The maximum atomic E-state index is 14.0. The highest BCUT2D eigenvalue weighted by atomic mass is 35.5. The molecule has 1 saturated heterocycles. The van der Waals surface area contributed by atoms with Crippen LogP contribution in [-0.4, -0.2) is 39.3 Å². The molecule has 20 heavy (non-hydrogen) atoms. The lowest BCUT2D eigenvalue weighted by atomic mass is 10.1. The van der Waals surface area contributed by atoms with Crippen molar-refractivity contribution in [3.63, 3.8) is 0 Å². The third kappa shape index (κ3) is 2.39.